The molecule has 0 radical (unpaired) electrons. The SMILES string of the molecule is O=C(/C=C/c1ccc(-c2ccccc2F)s1)NCCNC(=O)Cc1ccc(F)cc1. The van der Waals surface area contributed by atoms with Gasteiger partial charge in [-0.05, 0) is 42.0 Å². The Morgan fingerprint density at radius 2 is 1.63 bits per heavy atom. The second-order valence-corrected chi connectivity index (χ2v) is 7.57. The van der Waals surface area contributed by atoms with Gasteiger partial charge in [0.2, 0.25) is 11.8 Å². The van der Waals surface area contributed by atoms with E-state index in [0.717, 1.165) is 9.75 Å². The van der Waals surface area contributed by atoms with Gasteiger partial charge in [0, 0.05) is 34.5 Å². The van der Waals surface area contributed by atoms with Crippen LogP contribution in [0, 0.1) is 11.6 Å². The highest BCUT2D eigenvalue weighted by Crippen LogP contribution is 2.30. The fourth-order valence-electron chi connectivity index (χ4n) is 2.70. The van der Waals surface area contributed by atoms with E-state index in [1.165, 1.54) is 35.6 Å². The van der Waals surface area contributed by atoms with Gasteiger partial charge in [-0.1, -0.05) is 30.3 Å². The maximum atomic E-state index is 13.8. The molecule has 0 spiro atoms. The number of rotatable bonds is 8. The summed E-state index contributed by atoms with van der Waals surface area (Å²) in [4.78, 5) is 25.4. The van der Waals surface area contributed by atoms with Crippen molar-refractivity contribution in [3.63, 3.8) is 0 Å². The van der Waals surface area contributed by atoms with E-state index in [0.29, 0.717) is 11.1 Å². The lowest BCUT2D eigenvalue weighted by Gasteiger charge is -2.06. The average molecular weight is 426 g/mol. The molecule has 0 aliphatic heterocycles. The van der Waals surface area contributed by atoms with Crippen molar-refractivity contribution in [2.75, 3.05) is 13.1 Å². The minimum atomic E-state index is -0.346. The zero-order chi connectivity index (χ0) is 21.3. The molecule has 3 rings (SSSR count). The van der Waals surface area contributed by atoms with Gasteiger partial charge in [0.05, 0.1) is 6.42 Å². The third kappa shape index (κ3) is 6.35. The molecule has 0 aliphatic rings. The van der Waals surface area contributed by atoms with E-state index < -0.39 is 0 Å². The number of hydrogen-bond acceptors (Lipinski definition) is 3. The fraction of sp³-hybridized carbons (Fsp3) is 0.130. The van der Waals surface area contributed by atoms with Crippen LogP contribution in [-0.2, 0) is 16.0 Å². The van der Waals surface area contributed by atoms with Gasteiger partial charge < -0.3 is 10.6 Å². The van der Waals surface area contributed by atoms with Crippen LogP contribution in [0.1, 0.15) is 10.4 Å². The van der Waals surface area contributed by atoms with E-state index in [4.69, 9.17) is 0 Å². The summed E-state index contributed by atoms with van der Waals surface area (Å²) < 4.78 is 26.7. The van der Waals surface area contributed by atoms with Crippen molar-refractivity contribution >= 4 is 29.2 Å². The molecule has 154 valence electrons. The summed E-state index contributed by atoms with van der Waals surface area (Å²) in [7, 11) is 0. The summed E-state index contributed by atoms with van der Waals surface area (Å²) in [6.07, 6.45) is 3.21. The molecule has 0 bridgehead atoms. The van der Waals surface area contributed by atoms with E-state index in [9.17, 15) is 18.4 Å². The molecule has 30 heavy (non-hydrogen) atoms. The monoisotopic (exact) mass is 426 g/mol. The third-order valence-corrected chi connectivity index (χ3v) is 5.27. The zero-order valence-corrected chi connectivity index (χ0v) is 16.8. The molecule has 1 aromatic heterocycles. The van der Waals surface area contributed by atoms with E-state index in [1.807, 2.05) is 12.1 Å². The highest BCUT2D eigenvalue weighted by Gasteiger charge is 2.07. The lowest BCUT2D eigenvalue weighted by molar-refractivity contribution is -0.121. The maximum absolute atomic E-state index is 13.8. The maximum Gasteiger partial charge on any atom is 0.244 e. The van der Waals surface area contributed by atoms with Gasteiger partial charge in [0.1, 0.15) is 11.6 Å². The predicted molar refractivity (Wildman–Crippen MR) is 115 cm³/mol. The van der Waals surface area contributed by atoms with E-state index in [-0.39, 0.29) is 43.0 Å². The molecular weight excluding hydrogens is 406 g/mol. The molecule has 0 fully saturated rings. The Morgan fingerprint density at radius 3 is 2.40 bits per heavy atom. The van der Waals surface area contributed by atoms with Crippen molar-refractivity contribution in [1.82, 2.24) is 10.6 Å². The van der Waals surface area contributed by atoms with Crippen LogP contribution in [0.2, 0.25) is 0 Å². The van der Waals surface area contributed by atoms with Crippen molar-refractivity contribution < 1.29 is 18.4 Å². The molecule has 0 unspecified atom stereocenters. The molecule has 7 heteroatoms. The number of amides is 2. The summed E-state index contributed by atoms with van der Waals surface area (Å²) in [6.45, 7) is 0.569. The molecule has 2 amide bonds. The highest BCUT2D eigenvalue weighted by molar-refractivity contribution is 7.16. The molecule has 2 N–H and O–H groups in total. The van der Waals surface area contributed by atoms with Crippen molar-refractivity contribution in [3.05, 3.63) is 88.8 Å². The first-order valence-corrected chi connectivity index (χ1v) is 10.1. The number of carbonyl (C=O) groups excluding carboxylic acids is 2. The molecule has 0 saturated carbocycles. The topological polar surface area (TPSA) is 58.2 Å². The van der Waals surface area contributed by atoms with Gasteiger partial charge in [-0.2, -0.15) is 0 Å². The minimum Gasteiger partial charge on any atom is -0.354 e. The quantitative estimate of drug-likeness (QED) is 0.419. The van der Waals surface area contributed by atoms with Crippen LogP contribution in [0.15, 0.2) is 66.7 Å². The summed E-state index contributed by atoms with van der Waals surface area (Å²) >= 11 is 1.39. The number of carbonyl (C=O) groups is 2. The Bertz CT molecular complexity index is 1050. The van der Waals surface area contributed by atoms with Crippen LogP contribution in [0.25, 0.3) is 16.5 Å². The van der Waals surface area contributed by atoms with Gasteiger partial charge in [-0.25, -0.2) is 8.78 Å². The Morgan fingerprint density at radius 1 is 0.900 bits per heavy atom. The predicted octanol–water partition coefficient (Wildman–Crippen LogP) is 4.18. The second-order valence-electron chi connectivity index (χ2n) is 6.46. The first-order valence-electron chi connectivity index (χ1n) is 9.33. The third-order valence-electron chi connectivity index (χ3n) is 4.19. The number of halogens is 2. The standard InChI is InChI=1S/C23H20F2N2O2S/c24-17-7-5-16(6-8-17)15-23(29)27-14-13-26-22(28)12-10-18-9-11-21(30-18)19-3-1-2-4-20(19)25/h1-12H,13-15H2,(H,26,28)(H,27,29)/b12-10+. The van der Waals surface area contributed by atoms with Crippen molar-refractivity contribution in [2.45, 2.75) is 6.42 Å². The summed E-state index contributed by atoms with van der Waals surface area (Å²) in [5.41, 5.74) is 1.24. The largest absolute Gasteiger partial charge is 0.354 e. The van der Waals surface area contributed by atoms with Crippen LogP contribution in [0.3, 0.4) is 0 Å². The van der Waals surface area contributed by atoms with E-state index in [2.05, 4.69) is 10.6 Å². The smallest absolute Gasteiger partial charge is 0.244 e. The average Bonchev–Trinajstić information content (AvgIpc) is 3.20. The molecule has 1 heterocycles. The normalized spacial score (nSPS) is 10.9. The Labute approximate surface area is 177 Å². The highest BCUT2D eigenvalue weighted by atomic mass is 32.1. The van der Waals surface area contributed by atoms with Crippen LogP contribution in [0.5, 0.6) is 0 Å². The van der Waals surface area contributed by atoms with Crippen LogP contribution in [0.4, 0.5) is 8.78 Å². The van der Waals surface area contributed by atoms with Crippen LogP contribution >= 0.6 is 11.3 Å². The van der Waals surface area contributed by atoms with Gasteiger partial charge in [-0.15, -0.1) is 11.3 Å². The van der Waals surface area contributed by atoms with Gasteiger partial charge >= 0.3 is 0 Å². The van der Waals surface area contributed by atoms with Crippen LogP contribution in [-0.4, -0.2) is 24.9 Å². The molecule has 0 saturated heterocycles. The Kier molecular flexibility index (Phi) is 7.45. The van der Waals surface area contributed by atoms with Gasteiger partial charge in [0.15, 0.2) is 0 Å². The number of nitrogens with one attached hydrogen (secondary N) is 2. The number of hydrogen-bond donors (Lipinski definition) is 2. The minimum absolute atomic E-state index is 0.150. The second kappa shape index (κ2) is 10.5. The molecule has 3 aromatic rings. The van der Waals surface area contributed by atoms with Crippen molar-refractivity contribution in [1.29, 1.82) is 0 Å². The molecule has 2 aromatic carbocycles. The van der Waals surface area contributed by atoms with Crippen molar-refractivity contribution in [3.8, 4) is 10.4 Å². The number of benzene rings is 2. The van der Waals surface area contributed by atoms with E-state index in [1.54, 1.807) is 36.4 Å². The van der Waals surface area contributed by atoms with E-state index >= 15 is 0 Å². The zero-order valence-electron chi connectivity index (χ0n) is 16.0. The summed E-state index contributed by atoms with van der Waals surface area (Å²) in [5.74, 6) is -1.12. The van der Waals surface area contributed by atoms with Gasteiger partial charge in [-0.3, -0.25) is 9.59 Å². The lowest BCUT2D eigenvalue weighted by atomic mass is 10.1. The number of thiophene rings is 1. The summed E-state index contributed by atoms with van der Waals surface area (Å²) in [5, 5.41) is 5.38. The lowest BCUT2D eigenvalue weighted by Crippen LogP contribution is -2.34. The molecule has 0 aliphatic carbocycles. The molecule has 4 nitrogen and oxygen atoms in total. The molecule has 0 atom stereocenters. The van der Waals surface area contributed by atoms with Crippen LogP contribution < -0.4 is 10.6 Å². The first-order chi connectivity index (χ1) is 14.5. The fourth-order valence-corrected chi connectivity index (χ4v) is 3.64. The first kappa shape index (κ1) is 21.4. The van der Waals surface area contributed by atoms with Gasteiger partial charge in [0.25, 0.3) is 0 Å². The Hall–Kier alpha value is -3.32. The van der Waals surface area contributed by atoms with Crippen molar-refractivity contribution in [2.24, 2.45) is 0 Å². The Balaban J connectivity index is 1.39. The summed E-state index contributed by atoms with van der Waals surface area (Å²) in [6, 6.07) is 15.9. The molecular formula is C23H20F2N2O2S.